The van der Waals surface area contributed by atoms with Crippen molar-refractivity contribution in [2.45, 2.75) is 84.9 Å². The molecule has 0 aromatic heterocycles. The van der Waals surface area contributed by atoms with Gasteiger partial charge in [0, 0.05) is 19.1 Å². The second kappa shape index (κ2) is 7.49. The van der Waals surface area contributed by atoms with E-state index in [1.54, 1.807) is 7.11 Å². The number of hydrogen-bond donors (Lipinski definition) is 0. The lowest BCUT2D eigenvalue weighted by Gasteiger charge is -2.41. The fraction of sp³-hybridized carbons (Fsp3) is 0.857. The van der Waals surface area contributed by atoms with Crippen LogP contribution in [0.15, 0.2) is 11.6 Å². The molecule has 2 aliphatic rings. The molecule has 0 amide bonds. The van der Waals surface area contributed by atoms with Gasteiger partial charge in [0.25, 0.3) is 0 Å². The molecule has 1 saturated carbocycles. The van der Waals surface area contributed by atoms with Gasteiger partial charge in [0.1, 0.15) is 5.78 Å². The summed E-state index contributed by atoms with van der Waals surface area (Å²) in [7, 11) is -0.236. The van der Waals surface area contributed by atoms with Gasteiger partial charge in [-0.3, -0.25) is 4.79 Å². The van der Waals surface area contributed by atoms with Crippen LogP contribution in [0, 0.1) is 17.3 Å². The van der Waals surface area contributed by atoms with Crippen molar-refractivity contribution >= 4 is 14.1 Å². The molecule has 0 spiro atoms. The van der Waals surface area contributed by atoms with Crippen molar-refractivity contribution in [3.05, 3.63) is 11.6 Å². The molecule has 2 unspecified atom stereocenters. The van der Waals surface area contributed by atoms with Crippen molar-refractivity contribution in [1.82, 2.24) is 0 Å². The van der Waals surface area contributed by atoms with Gasteiger partial charge in [-0.1, -0.05) is 41.5 Å². The van der Waals surface area contributed by atoms with Crippen LogP contribution in [0.4, 0.5) is 0 Å². The van der Waals surface area contributed by atoms with E-state index in [0.717, 1.165) is 12.8 Å². The second-order valence-corrected chi connectivity index (χ2v) is 15.1. The number of Topliss-reactive ketones (excluding diaryl/α,β-unsaturated/α-hetero) is 1. The topological polar surface area (TPSA) is 44.8 Å². The summed E-state index contributed by atoms with van der Waals surface area (Å²) in [6, 6.07) is 0. The number of ether oxygens (including phenoxy) is 2. The molecule has 5 heteroatoms. The highest BCUT2D eigenvalue weighted by Crippen LogP contribution is 2.44. The normalized spacial score (nSPS) is 30.1. The second-order valence-electron chi connectivity index (χ2n) is 10.2. The fourth-order valence-corrected chi connectivity index (χ4v) is 4.73. The summed E-state index contributed by atoms with van der Waals surface area (Å²) >= 11 is 0. The molecule has 1 heterocycles. The lowest BCUT2D eigenvalue weighted by molar-refractivity contribution is -0.152. The molecule has 2 rings (SSSR count). The predicted molar refractivity (Wildman–Crippen MR) is 108 cm³/mol. The van der Waals surface area contributed by atoms with Gasteiger partial charge in [-0.05, 0) is 48.5 Å². The van der Waals surface area contributed by atoms with Gasteiger partial charge < -0.3 is 13.9 Å². The van der Waals surface area contributed by atoms with E-state index in [0.29, 0.717) is 12.5 Å². The third kappa shape index (κ3) is 4.32. The van der Waals surface area contributed by atoms with Crippen molar-refractivity contribution in [2.75, 3.05) is 13.7 Å². The summed E-state index contributed by atoms with van der Waals surface area (Å²) in [5.74, 6) is 0.455. The number of carbonyl (C=O) groups is 1. The minimum absolute atomic E-state index is 0.117. The first-order valence-electron chi connectivity index (χ1n) is 9.87. The van der Waals surface area contributed by atoms with Crippen LogP contribution in [-0.2, 0) is 18.7 Å². The first-order chi connectivity index (χ1) is 11.8. The molecule has 1 aliphatic heterocycles. The van der Waals surface area contributed by atoms with Crippen LogP contribution < -0.4 is 0 Å². The molecule has 150 valence electrons. The molecule has 0 aromatic carbocycles. The molecule has 0 aromatic rings. The number of rotatable bonds is 6. The van der Waals surface area contributed by atoms with Crippen LogP contribution in [-0.4, -0.2) is 40.2 Å². The van der Waals surface area contributed by atoms with Gasteiger partial charge in [0.2, 0.25) is 0 Å². The fourth-order valence-electron chi connectivity index (χ4n) is 3.57. The smallest absolute Gasteiger partial charge is 0.192 e. The van der Waals surface area contributed by atoms with Crippen molar-refractivity contribution in [1.29, 1.82) is 0 Å². The highest BCUT2D eigenvalue weighted by atomic mass is 28.4. The first-order valence-corrected chi connectivity index (χ1v) is 12.8. The van der Waals surface area contributed by atoms with Crippen LogP contribution in [0.25, 0.3) is 0 Å². The van der Waals surface area contributed by atoms with Crippen molar-refractivity contribution < 1.29 is 18.7 Å². The van der Waals surface area contributed by atoms with Gasteiger partial charge >= 0.3 is 0 Å². The maximum absolute atomic E-state index is 13.5. The number of ketones is 1. The number of methoxy groups -OCH3 is 1. The summed E-state index contributed by atoms with van der Waals surface area (Å²) < 4.78 is 17.8. The van der Waals surface area contributed by atoms with Crippen molar-refractivity contribution in [3.63, 3.8) is 0 Å². The van der Waals surface area contributed by atoms with Crippen LogP contribution in [0.1, 0.15) is 54.4 Å². The number of fused-ring (bicyclic) bond motifs is 1. The standard InChI is InChI=1S/C21H38O4Si/c1-14-10-11-15-12-16(23-7)25-18(15)17(14)19(22)21(5,6)13-24-26(8,9)20(2,3)4/h12,14,16-18H,10-11,13H2,1-9H3/t14-,16?,17+,18?/m1/s1. The Hall–Kier alpha value is -0.493. The molecule has 4 atom stereocenters. The minimum Gasteiger partial charge on any atom is -0.416 e. The summed E-state index contributed by atoms with van der Waals surface area (Å²) in [4.78, 5) is 13.5. The van der Waals surface area contributed by atoms with E-state index in [1.807, 2.05) is 13.8 Å². The maximum Gasteiger partial charge on any atom is 0.192 e. The van der Waals surface area contributed by atoms with E-state index in [2.05, 4.69) is 46.9 Å². The van der Waals surface area contributed by atoms with E-state index >= 15 is 0 Å². The van der Waals surface area contributed by atoms with Gasteiger partial charge in [-0.2, -0.15) is 0 Å². The Morgan fingerprint density at radius 2 is 1.88 bits per heavy atom. The largest absolute Gasteiger partial charge is 0.416 e. The Morgan fingerprint density at radius 3 is 2.42 bits per heavy atom. The van der Waals surface area contributed by atoms with Crippen LogP contribution in [0.3, 0.4) is 0 Å². The Bertz CT molecular complexity index is 559. The highest BCUT2D eigenvalue weighted by Gasteiger charge is 2.48. The van der Waals surface area contributed by atoms with Gasteiger partial charge in [-0.15, -0.1) is 0 Å². The van der Waals surface area contributed by atoms with Crippen LogP contribution in [0.5, 0.6) is 0 Å². The number of hydrogen-bond acceptors (Lipinski definition) is 4. The molecule has 0 radical (unpaired) electrons. The third-order valence-corrected chi connectivity index (χ3v) is 11.1. The minimum atomic E-state index is -1.89. The summed E-state index contributed by atoms with van der Waals surface area (Å²) in [6.45, 7) is 17.9. The quantitative estimate of drug-likeness (QED) is 0.482. The van der Waals surface area contributed by atoms with Gasteiger partial charge in [-0.25, -0.2) is 0 Å². The monoisotopic (exact) mass is 382 g/mol. The molecule has 4 nitrogen and oxygen atoms in total. The van der Waals surface area contributed by atoms with E-state index in [-0.39, 0.29) is 29.1 Å². The first kappa shape index (κ1) is 21.8. The van der Waals surface area contributed by atoms with E-state index in [9.17, 15) is 4.79 Å². The SMILES string of the molecule is COC1C=C2CC[C@@H](C)[C@H](C(=O)C(C)(C)CO[Si](C)(C)C(C)(C)C)C2O1. The van der Waals surface area contributed by atoms with Crippen molar-refractivity contribution in [2.24, 2.45) is 17.3 Å². The summed E-state index contributed by atoms with van der Waals surface area (Å²) in [6.07, 6.45) is 3.62. The van der Waals surface area contributed by atoms with Crippen molar-refractivity contribution in [3.8, 4) is 0 Å². The molecular weight excluding hydrogens is 344 g/mol. The molecule has 1 aliphatic carbocycles. The summed E-state index contributed by atoms with van der Waals surface area (Å²) in [5, 5.41) is 0.139. The van der Waals surface area contributed by atoms with Crippen LogP contribution in [0.2, 0.25) is 18.1 Å². The third-order valence-electron chi connectivity index (χ3n) is 6.63. The van der Waals surface area contributed by atoms with E-state index in [4.69, 9.17) is 13.9 Å². The van der Waals surface area contributed by atoms with E-state index in [1.165, 1.54) is 5.57 Å². The Balaban J connectivity index is 2.14. The Labute approximate surface area is 160 Å². The van der Waals surface area contributed by atoms with Gasteiger partial charge in [0.05, 0.1) is 12.0 Å². The molecule has 1 fully saturated rings. The molecule has 0 saturated heterocycles. The molecular formula is C21H38O4Si. The van der Waals surface area contributed by atoms with Gasteiger partial charge in [0.15, 0.2) is 14.6 Å². The number of carbonyl (C=O) groups excluding carboxylic acids is 1. The Kier molecular flexibility index (Phi) is 6.28. The average molecular weight is 383 g/mol. The maximum atomic E-state index is 13.5. The van der Waals surface area contributed by atoms with Crippen LogP contribution >= 0.6 is 0 Å². The highest BCUT2D eigenvalue weighted by molar-refractivity contribution is 6.74. The molecule has 0 N–H and O–H groups in total. The zero-order valence-corrected chi connectivity index (χ0v) is 19.1. The summed E-state index contributed by atoms with van der Waals surface area (Å²) in [5.41, 5.74) is 0.709. The molecule has 26 heavy (non-hydrogen) atoms. The predicted octanol–water partition coefficient (Wildman–Crippen LogP) is 4.95. The average Bonchev–Trinajstić information content (AvgIpc) is 2.94. The lowest BCUT2D eigenvalue weighted by atomic mass is 9.68. The molecule has 0 bridgehead atoms. The Morgan fingerprint density at radius 1 is 1.27 bits per heavy atom. The zero-order valence-electron chi connectivity index (χ0n) is 18.1. The zero-order chi connectivity index (χ0) is 19.9. The van der Waals surface area contributed by atoms with E-state index < -0.39 is 13.7 Å². The lowest BCUT2D eigenvalue weighted by Crippen LogP contribution is -2.49.